The summed E-state index contributed by atoms with van der Waals surface area (Å²) in [6, 6.07) is 12.5. The van der Waals surface area contributed by atoms with Crippen LogP contribution in [-0.4, -0.2) is 32.6 Å². The third-order valence-electron chi connectivity index (χ3n) is 4.78. The van der Waals surface area contributed by atoms with E-state index in [1.54, 1.807) is 31.2 Å². The second kappa shape index (κ2) is 7.60. The summed E-state index contributed by atoms with van der Waals surface area (Å²) in [4.78, 5) is 11.7. The van der Waals surface area contributed by atoms with Gasteiger partial charge in [-0.1, -0.05) is 25.1 Å². The average Bonchev–Trinajstić information content (AvgIpc) is 3.36. The van der Waals surface area contributed by atoms with Crippen molar-refractivity contribution in [3.8, 4) is 5.75 Å². The Bertz CT molecular complexity index is 927. The molecular formula is C20H23NO5S. The first-order valence-corrected chi connectivity index (χ1v) is 10.4. The highest BCUT2D eigenvalue weighted by Gasteiger charge is 2.33. The minimum absolute atomic E-state index is 0.00643. The SMILES string of the molecule is CCN(c1cc(OCC2CC2C)cc(C(=O)O)c1)S(=O)(=O)c1ccccc1. The Morgan fingerprint density at radius 2 is 1.89 bits per heavy atom. The van der Waals surface area contributed by atoms with E-state index in [1.807, 2.05) is 0 Å². The first-order chi connectivity index (χ1) is 12.8. The lowest BCUT2D eigenvalue weighted by Crippen LogP contribution is -2.31. The lowest BCUT2D eigenvalue weighted by Gasteiger charge is -2.24. The summed E-state index contributed by atoms with van der Waals surface area (Å²) < 4.78 is 33.0. The molecule has 2 atom stereocenters. The van der Waals surface area contributed by atoms with Gasteiger partial charge >= 0.3 is 5.97 Å². The Kier molecular flexibility index (Phi) is 5.41. The van der Waals surface area contributed by atoms with Crippen molar-refractivity contribution in [2.45, 2.75) is 25.2 Å². The van der Waals surface area contributed by atoms with E-state index in [1.165, 1.54) is 28.6 Å². The van der Waals surface area contributed by atoms with Gasteiger partial charge in [-0.2, -0.15) is 0 Å². The number of hydrogen-bond acceptors (Lipinski definition) is 4. The predicted molar refractivity (Wildman–Crippen MR) is 103 cm³/mol. The number of carbonyl (C=O) groups is 1. The fraction of sp³-hybridized carbons (Fsp3) is 0.350. The van der Waals surface area contributed by atoms with E-state index in [9.17, 15) is 18.3 Å². The van der Waals surface area contributed by atoms with Crippen molar-refractivity contribution < 1.29 is 23.1 Å². The van der Waals surface area contributed by atoms with E-state index in [4.69, 9.17) is 4.74 Å². The van der Waals surface area contributed by atoms with E-state index in [2.05, 4.69) is 6.92 Å². The van der Waals surface area contributed by atoms with Crippen LogP contribution in [0.3, 0.4) is 0 Å². The Labute approximate surface area is 159 Å². The quantitative estimate of drug-likeness (QED) is 0.745. The fourth-order valence-corrected chi connectivity index (χ4v) is 4.46. The number of carboxylic acid groups (broad SMARTS) is 1. The maximum absolute atomic E-state index is 13.0. The van der Waals surface area contributed by atoms with Crippen molar-refractivity contribution >= 4 is 21.7 Å². The number of carboxylic acids is 1. The van der Waals surface area contributed by atoms with Gasteiger partial charge in [-0.25, -0.2) is 13.2 Å². The lowest BCUT2D eigenvalue weighted by molar-refractivity contribution is 0.0696. The molecule has 2 unspecified atom stereocenters. The highest BCUT2D eigenvalue weighted by atomic mass is 32.2. The molecule has 0 bridgehead atoms. The molecule has 0 spiro atoms. The first kappa shape index (κ1) is 19.2. The topological polar surface area (TPSA) is 83.9 Å². The van der Waals surface area contributed by atoms with Crippen molar-refractivity contribution in [2.75, 3.05) is 17.5 Å². The standard InChI is InChI=1S/C20H23NO5S/c1-3-21(27(24,25)19-7-5-4-6-8-19)17-10-15(20(22)23)11-18(12-17)26-13-16-9-14(16)2/h4-8,10-12,14,16H,3,9,13H2,1-2H3,(H,22,23). The van der Waals surface area contributed by atoms with Crippen molar-refractivity contribution in [1.29, 1.82) is 0 Å². The Hall–Kier alpha value is -2.54. The number of anilines is 1. The third-order valence-corrected chi connectivity index (χ3v) is 6.70. The molecule has 1 saturated carbocycles. The summed E-state index contributed by atoms with van der Waals surface area (Å²) in [7, 11) is -3.81. The van der Waals surface area contributed by atoms with Crippen molar-refractivity contribution in [3.63, 3.8) is 0 Å². The monoisotopic (exact) mass is 389 g/mol. The summed E-state index contributed by atoms with van der Waals surface area (Å²) >= 11 is 0. The molecule has 0 radical (unpaired) electrons. The van der Waals surface area contributed by atoms with E-state index < -0.39 is 16.0 Å². The van der Waals surface area contributed by atoms with Gasteiger partial charge in [0, 0.05) is 12.6 Å². The maximum Gasteiger partial charge on any atom is 0.335 e. The zero-order valence-electron chi connectivity index (χ0n) is 15.3. The summed E-state index contributed by atoms with van der Waals surface area (Å²) in [6.45, 7) is 4.51. The highest BCUT2D eigenvalue weighted by Crippen LogP contribution is 2.38. The molecule has 0 aromatic heterocycles. The largest absolute Gasteiger partial charge is 0.493 e. The van der Waals surface area contributed by atoms with E-state index in [0.29, 0.717) is 24.2 Å². The molecule has 1 aliphatic rings. The number of rotatable bonds is 8. The molecule has 0 aliphatic heterocycles. The zero-order chi connectivity index (χ0) is 19.6. The number of hydrogen-bond donors (Lipinski definition) is 1. The van der Waals surface area contributed by atoms with E-state index in [0.717, 1.165) is 6.42 Å². The minimum Gasteiger partial charge on any atom is -0.493 e. The van der Waals surface area contributed by atoms with Gasteiger partial charge in [0.2, 0.25) is 0 Å². The van der Waals surface area contributed by atoms with Crippen LogP contribution in [0.4, 0.5) is 5.69 Å². The van der Waals surface area contributed by atoms with Crippen LogP contribution in [-0.2, 0) is 10.0 Å². The molecule has 1 aliphatic carbocycles. The van der Waals surface area contributed by atoms with Gasteiger partial charge in [0.1, 0.15) is 5.75 Å². The molecule has 2 aromatic carbocycles. The fourth-order valence-electron chi connectivity index (χ4n) is 2.98. The number of aromatic carboxylic acids is 1. The summed E-state index contributed by atoms with van der Waals surface area (Å²) in [5.74, 6) is 0.315. The maximum atomic E-state index is 13.0. The van der Waals surface area contributed by atoms with Gasteiger partial charge in [0.25, 0.3) is 10.0 Å². The molecule has 1 fully saturated rings. The van der Waals surface area contributed by atoms with E-state index >= 15 is 0 Å². The number of ether oxygens (including phenoxy) is 1. The van der Waals surface area contributed by atoms with Gasteiger partial charge in [0.15, 0.2) is 0 Å². The van der Waals surface area contributed by atoms with Crippen molar-refractivity contribution in [3.05, 3.63) is 54.1 Å². The predicted octanol–water partition coefficient (Wildman–Crippen LogP) is 3.63. The smallest absolute Gasteiger partial charge is 0.335 e. The molecule has 0 heterocycles. The van der Waals surface area contributed by atoms with Gasteiger partial charge in [-0.15, -0.1) is 0 Å². The molecule has 6 nitrogen and oxygen atoms in total. The lowest BCUT2D eigenvalue weighted by atomic mass is 10.2. The number of nitrogens with zero attached hydrogens (tertiary/aromatic N) is 1. The van der Waals surface area contributed by atoms with Crippen LogP contribution in [0.5, 0.6) is 5.75 Å². The van der Waals surface area contributed by atoms with Crippen LogP contribution in [0.1, 0.15) is 30.6 Å². The van der Waals surface area contributed by atoms with Crippen molar-refractivity contribution in [1.82, 2.24) is 0 Å². The van der Waals surface area contributed by atoms with Crippen molar-refractivity contribution in [2.24, 2.45) is 11.8 Å². The number of sulfonamides is 1. The highest BCUT2D eigenvalue weighted by molar-refractivity contribution is 7.92. The first-order valence-electron chi connectivity index (χ1n) is 8.92. The Morgan fingerprint density at radius 1 is 1.22 bits per heavy atom. The van der Waals surface area contributed by atoms with Crippen LogP contribution in [0, 0.1) is 11.8 Å². The van der Waals surface area contributed by atoms with Crippen LogP contribution in [0.2, 0.25) is 0 Å². The molecular weight excluding hydrogens is 366 g/mol. The molecule has 2 aromatic rings. The van der Waals surface area contributed by atoms with E-state index in [-0.39, 0.29) is 22.7 Å². The molecule has 1 N–H and O–H groups in total. The van der Waals surface area contributed by atoms with Gasteiger partial charge in [-0.3, -0.25) is 4.31 Å². The summed E-state index contributed by atoms with van der Waals surface area (Å²) in [6.07, 6.45) is 1.09. The second-order valence-corrected chi connectivity index (χ2v) is 8.65. The molecule has 27 heavy (non-hydrogen) atoms. The molecule has 0 amide bonds. The molecule has 7 heteroatoms. The third kappa shape index (κ3) is 4.24. The van der Waals surface area contributed by atoms with Gasteiger partial charge in [0.05, 0.1) is 22.8 Å². The summed E-state index contributed by atoms with van der Waals surface area (Å²) in [5, 5.41) is 9.42. The number of benzene rings is 2. The zero-order valence-corrected chi connectivity index (χ0v) is 16.1. The van der Waals surface area contributed by atoms with Crippen LogP contribution >= 0.6 is 0 Å². The normalized spacial score (nSPS) is 18.7. The molecule has 3 rings (SSSR count). The second-order valence-electron chi connectivity index (χ2n) is 6.79. The van der Waals surface area contributed by atoms with Crippen LogP contribution in [0.25, 0.3) is 0 Å². The van der Waals surface area contributed by atoms with Gasteiger partial charge in [-0.05, 0) is 49.4 Å². The average molecular weight is 389 g/mol. The Morgan fingerprint density at radius 3 is 2.44 bits per heavy atom. The van der Waals surface area contributed by atoms with Crippen LogP contribution < -0.4 is 9.04 Å². The minimum atomic E-state index is -3.81. The summed E-state index contributed by atoms with van der Waals surface area (Å²) in [5.41, 5.74) is 0.271. The van der Waals surface area contributed by atoms with Gasteiger partial charge < -0.3 is 9.84 Å². The Balaban J connectivity index is 1.96. The molecule has 0 saturated heterocycles. The van der Waals surface area contributed by atoms with Crippen LogP contribution in [0.15, 0.2) is 53.4 Å². The molecule has 144 valence electrons.